The second-order valence-electron chi connectivity index (χ2n) is 1.48. The highest BCUT2D eigenvalue weighted by molar-refractivity contribution is 4.59. The van der Waals surface area contributed by atoms with Crippen LogP contribution in [0.4, 0.5) is 0 Å². The molecule has 0 aliphatic rings. The molecule has 1 aromatic heterocycles. The van der Waals surface area contributed by atoms with Crippen LogP contribution in [0.5, 0.6) is 0 Å². The van der Waals surface area contributed by atoms with Crippen molar-refractivity contribution in [3.8, 4) is 0 Å². The minimum absolute atomic E-state index is 0.466. The number of rotatable bonds is 1. The van der Waals surface area contributed by atoms with E-state index in [-0.39, 0.29) is 0 Å². The number of hydrogen-bond acceptors (Lipinski definition) is 3. The highest BCUT2D eigenvalue weighted by atomic mass is 16.5. The van der Waals surface area contributed by atoms with Crippen molar-refractivity contribution in [1.82, 2.24) is 9.90 Å². The molecular weight excluding hydrogens is 126 g/mol. The molecule has 1 rings (SSSR count). The predicted octanol–water partition coefficient (Wildman–Crippen LogP) is -2.35. The first-order valence-corrected chi connectivity index (χ1v) is 2.25. The highest BCUT2D eigenvalue weighted by Gasteiger charge is 2.05. The lowest BCUT2D eigenvalue weighted by atomic mass is 10.9. The van der Waals surface area contributed by atoms with Crippen LogP contribution in [-0.2, 0) is 6.73 Å². The molecule has 3 N–H and O–H groups in total. The number of H-pyrrole nitrogens is 1. The average molecular weight is 132 g/mol. The van der Waals surface area contributed by atoms with E-state index in [0.717, 1.165) is 10.9 Å². The van der Waals surface area contributed by atoms with Crippen molar-refractivity contribution in [3.63, 3.8) is 0 Å². The zero-order chi connectivity index (χ0) is 6.85. The van der Waals surface area contributed by atoms with Crippen LogP contribution in [0.15, 0.2) is 11.0 Å². The van der Waals surface area contributed by atoms with Crippen LogP contribution >= 0.6 is 0 Å². The van der Waals surface area contributed by atoms with Crippen LogP contribution in [0.1, 0.15) is 0 Å². The van der Waals surface area contributed by atoms with E-state index in [4.69, 9.17) is 10.3 Å². The summed E-state index contributed by atoms with van der Waals surface area (Å²) in [4.78, 5) is 10.9. The Kier molecular flexibility index (Phi) is 1.23. The number of hydrogen-bond donors (Lipinski definition) is 3. The maximum Gasteiger partial charge on any atom is 0.399 e. The van der Waals surface area contributed by atoms with E-state index in [2.05, 4.69) is 5.21 Å². The lowest BCUT2D eigenvalue weighted by Crippen LogP contribution is -2.32. The monoisotopic (exact) mass is 132 g/mol. The van der Waals surface area contributed by atoms with Crippen molar-refractivity contribution in [2.24, 2.45) is 0 Å². The second-order valence-corrected chi connectivity index (χ2v) is 1.48. The van der Waals surface area contributed by atoms with Gasteiger partial charge in [0, 0.05) is 4.85 Å². The van der Waals surface area contributed by atoms with Gasteiger partial charge in [0.15, 0.2) is 0 Å². The largest absolute Gasteiger partial charge is 0.399 e. The predicted molar refractivity (Wildman–Crippen MR) is 24.7 cm³/mol. The van der Waals surface area contributed by atoms with Crippen molar-refractivity contribution >= 4 is 0 Å². The summed E-state index contributed by atoms with van der Waals surface area (Å²) in [5, 5.41) is 19.0. The van der Waals surface area contributed by atoms with Crippen molar-refractivity contribution in [1.29, 1.82) is 0 Å². The summed E-state index contributed by atoms with van der Waals surface area (Å²) >= 11 is 0. The lowest BCUT2D eigenvalue weighted by molar-refractivity contribution is -0.949. The molecule has 0 aliphatic carbocycles. The van der Waals surface area contributed by atoms with E-state index in [0.29, 0.717) is 4.85 Å². The number of aromatic nitrogens is 3. The Morgan fingerprint density at radius 2 is 2.56 bits per heavy atom. The summed E-state index contributed by atoms with van der Waals surface area (Å²) in [6.07, 6.45) is 0.899. The summed E-state index contributed by atoms with van der Waals surface area (Å²) in [5.74, 6) is 0. The molecule has 1 aromatic rings. The van der Waals surface area contributed by atoms with Gasteiger partial charge >= 0.3 is 5.56 Å². The Balaban J connectivity index is 3.16. The average Bonchev–Trinajstić information content (AvgIpc) is 2.10. The van der Waals surface area contributed by atoms with Crippen molar-refractivity contribution in [2.45, 2.75) is 6.73 Å². The standard InChI is InChI=1S/C3H5N3O3/c7-2-5-3(8)1-6(9)4-5/h1,7H,2H2,(H-,4,8,9)/p+1. The molecule has 9 heavy (non-hydrogen) atoms. The van der Waals surface area contributed by atoms with Gasteiger partial charge in [-0.2, -0.15) is 0 Å². The summed E-state index contributed by atoms with van der Waals surface area (Å²) in [6, 6.07) is 0. The van der Waals surface area contributed by atoms with E-state index in [1.54, 1.807) is 0 Å². The van der Waals surface area contributed by atoms with E-state index < -0.39 is 12.3 Å². The van der Waals surface area contributed by atoms with Crippen LogP contribution in [-0.4, -0.2) is 20.2 Å². The first-order valence-electron chi connectivity index (χ1n) is 2.25. The van der Waals surface area contributed by atoms with Gasteiger partial charge in [-0.15, -0.1) is 0 Å². The molecule has 0 unspecified atom stereocenters. The van der Waals surface area contributed by atoms with Crippen LogP contribution in [0.3, 0.4) is 0 Å². The molecule has 0 amide bonds. The molecule has 0 saturated heterocycles. The van der Waals surface area contributed by atoms with Gasteiger partial charge in [-0.3, -0.25) is 0 Å². The lowest BCUT2D eigenvalue weighted by Gasteiger charge is -1.79. The van der Waals surface area contributed by atoms with Gasteiger partial charge in [-0.1, -0.05) is 9.90 Å². The zero-order valence-electron chi connectivity index (χ0n) is 4.48. The third-order valence-corrected chi connectivity index (χ3v) is 0.863. The molecule has 0 saturated carbocycles. The topological polar surface area (TPSA) is 82.1 Å². The van der Waals surface area contributed by atoms with E-state index in [9.17, 15) is 4.79 Å². The Labute approximate surface area is 49.5 Å². The fourth-order valence-electron chi connectivity index (χ4n) is 0.477. The van der Waals surface area contributed by atoms with Crippen molar-refractivity contribution in [2.75, 3.05) is 0 Å². The van der Waals surface area contributed by atoms with Gasteiger partial charge in [0.2, 0.25) is 6.73 Å². The van der Waals surface area contributed by atoms with Crippen LogP contribution in [0, 0.1) is 0 Å². The van der Waals surface area contributed by atoms with Crippen LogP contribution in [0.25, 0.3) is 0 Å². The number of nitrogens with zero attached hydrogens (tertiary/aromatic N) is 2. The Morgan fingerprint density at radius 1 is 1.89 bits per heavy atom. The number of aromatic amines is 1. The van der Waals surface area contributed by atoms with E-state index in [1.807, 2.05) is 0 Å². The summed E-state index contributed by atoms with van der Waals surface area (Å²) < 4.78 is 0.833. The molecule has 50 valence electrons. The third kappa shape index (κ3) is 0.918. The molecule has 0 aliphatic heterocycles. The van der Waals surface area contributed by atoms with Gasteiger partial charge in [0.25, 0.3) is 6.20 Å². The molecule has 0 spiro atoms. The Bertz CT molecular complexity index is 249. The van der Waals surface area contributed by atoms with Crippen molar-refractivity contribution in [3.05, 3.63) is 16.6 Å². The minimum atomic E-state index is -0.486. The van der Waals surface area contributed by atoms with Crippen LogP contribution < -0.4 is 10.4 Å². The molecule has 0 aromatic carbocycles. The number of aliphatic hydroxyl groups is 1. The first kappa shape index (κ1) is 5.83. The van der Waals surface area contributed by atoms with Crippen LogP contribution in [0.2, 0.25) is 0 Å². The smallest absolute Gasteiger partial charge is 0.356 e. The first-order chi connectivity index (χ1) is 4.24. The summed E-state index contributed by atoms with van der Waals surface area (Å²) in [7, 11) is 0. The summed E-state index contributed by atoms with van der Waals surface area (Å²) in [5.41, 5.74) is -0.486. The molecule has 0 fully saturated rings. The third-order valence-electron chi connectivity index (χ3n) is 0.863. The zero-order valence-corrected chi connectivity index (χ0v) is 4.48. The maximum absolute atomic E-state index is 10.5. The number of aliphatic hydroxyl groups excluding tert-OH is 1. The van der Waals surface area contributed by atoms with Gasteiger partial charge in [0.1, 0.15) is 0 Å². The van der Waals surface area contributed by atoms with Gasteiger partial charge in [0.05, 0.1) is 0 Å². The Morgan fingerprint density at radius 3 is 2.78 bits per heavy atom. The molecule has 6 nitrogen and oxygen atoms in total. The van der Waals surface area contributed by atoms with Gasteiger partial charge in [-0.05, 0) is 0 Å². The molecule has 1 heterocycles. The van der Waals surface area contributed by atoms with Crippen molar-refractivity contribution < 1.29 is 15.2 Å². The Hall–Kier alpha value is -1.30. The normalized spacial score (nSPS) is 9.89. The number of nitrogens with one attached hydrogen (secondary N) is 1. The fourth-order valence-corrected chi connectivity index (χ4v) is 0.477. The second kappa shape index (κ2) is 1.90. The quantitative estimate of drug-likeness (QED) is 0.295. The maximum atomic E-state index is 10.5. The molecule has 6 heteroatoms. The molecular formula is C3H6N3O3+. The van der Waals surface area contributed by atoms with Gasteiger partial charge < -0.3 is 10.3 Å². The molecule has 0 radical (unpaired) electrons. The fraction of sp³-hybridized carbons (Fsp3) is 0.333. The minimum Gasteiger partial charge on any atom is -0.356 e. The van der Waals surface area contributed by atoms with E-state index in [1.165, 1.54) is 0 Å². The highest BCUT2D eigenvalue weighted by Crippen LogP contribution is 1.60. The van der Waals surface area contributed by atoms with E-state index >= 15 is 0 Å². The molecule has 0 bridgehead atoms. The SMILES string of the molecule is O=c1c[n+](O)[nH]n1CO. The summed E-state index contributed by atoms with van der Waals surface area (Å²) in [6.45, 7) is -0.466. The molecule has 0 atom stereocenters. The van der Waals surface area contributed by atoms with Gasteiger partial charge in [-0.25, -0.2) is 4.79 Å².